The van der Waals surface area contributed by atoms with Gasteiger partial charge in [0, 0.05) is 32.6 Å². The first-order valence-electron chi connectivity index (χ1n) is 17.4. The molecular weight excluding hydrogens is 621 g/mol. The van der Waals surface area contributed by atoms with Crippen LogP contribution in [0.1, 0.15) is 0 Å². The lowest BCUT2D eigenvalue weighted by Gasteiger charge is -2.11. The van der Waals surface area contributed by atoms with Crippen molar-refractivity contribution in [3.63, 3.8) is 0 Å². The molecule has 0 aliphatic rings. The van der Waals surface area contributed by atoms with Crippen molar-refractivity contribution in [2.24, 2.45) is 0 Å². The molecule has 51 heavy (non-hydrogen) atoms. The maximum Gasteiger partial charge on any atom is 0.137 e. The zero-order valence-electron chi connectivity index (χ0n) is 27.6. The van der Waals surface area contributed by atoms with Crippen LogP contribution in [0, 0.1) is 0 Å². The van der Waals surface area contributed by atoms with E-state index in [9.17, 15) is 0 Å². The summed E-state index contributed by atoms with van der Waals surface area (Å²) in [7, 11) is 0. The van der Waals surface area contributed by atoms with Crippen molar-refractivity contribution in [3.8, 4) is 33.6 Å². The monoisotopic (exact) mass is 650 g/mol. The van der Waals surface area contributed by atoms with Crippen molar-refractivity contribution in [1.29, 1.82) is 0 Å². The van der Waals surface area contributed by atoms with Crippen LogP contribution in [0.4, 0.5) is 0 Å². The predicted octanol–water partition coefficient (Wildman–Crippen LogP) is 13.1. The van der Waals surface area contributed by atoms with E-state index < -0.39 is 0 Å². The number of benzene rings is 8. The Morgan fingerprint density at radius 3 is 1.53 bits per heavy atom. The summed E-state index contributed by atoms with van der Waals surface area (Å²) in [6.07, 6.45) is 0. The summed E-state index contributed by atoms with van der Waals surface area (Å²) in [5.74, 6) is 0. The molecule has 0 saturated heterocycles. The van der Waals surface area contributed by atoms with Crippen LogP contribution < -0.4 is 0 Å². The van der Waals surface area contributed by atoms with E-state index in [-0.39, 0.29) is 0 Å². The minimum atomic E-state index is 0.899. The number of hydrogen-bond acceptors (Lipinski definition) is 1. The molecule has 0 amide bonds. The molecule has 0 N–H and O–H groups in total. The van der Waals surface area contributed by atoms with Crippen LogP contribution in [-0.4, -0.2) is 9.13 Å². The molecule has 0 atom stereocenters. The number of para-hydroxylation sites is 4. The first-order valence-corrected chi connectivity index (χ1v) is 17.4. The maximum atomic E-state index is 6.29. The third-order valence-electron chi connectivity index (χ3n) is 10.5. The lowest BCUT2D eigenvalue weighted by molar-refractivity contribution is 0.669. The number of aromatic nitrogens is 2. The Morgan fingerprint density at radius 1 is 0.314 bits per heavy atom. The number of rotatable bonds is 4. The van der Waals surface area contributed by atoms with Gasteiger partial charge in [-0.3, -0.25) is 0 Å². The van der Waals surface area contributed by atoms with Crippen LogP contribution in [-0.2, 0) is 0 Å². The van der Waals surface area contributed by atoms with Gasteiger partial charge < -0.3 is 13.6 Å². The molecule has 0 aliphatic carbocycles. The molecular formula is C48H30N2O. The fraction of sp³-hybridized carbons (Fsp3) is 0. The van der Waals surface area contributed by atoms with Gasteiger partial charge in [-0.2, -0.15) is 0 Å². The van der Waals surface area contributed by atoms with Crippen molar-refractivity contribution in [2.75, 3.05) is 0 Å². The van der Waals surface area contributed by atoms with Crippen molar-refractivity contribution in [2.45, 2.75) is 0 Å². The molecule has 3 heterocycles. The fourth-order valence-corrected chi connectivity index (χ4v) is 8.24. The van der Waals surface area contributed by atoms with Gasteiger partial charge in [0.2, 0.25) is 0 Å². The second kappa shape index (κ2) is 10.8. The minimum absolute atomic E-state index is 0.899. The standard InChI is InChI=1S/C48H30N2O/c1-2-14-35(15-3-1)49-41-19-7-4-16-36(41)39-29-33(24-26-43(39)49)31-12-10-13-32(28-31)34-25-27-44-40(30-34)37-17-5-8-20-42(37)50(44)45-21-11-23-47-48(45)38-18-6-9-22-46(38)51-47/h1-30H. The predicted molar refractivity (Wildman–Crippen MR) is 213 cm³/mol. The molecule has 8 aromatic carbocycles. The molecule has 11 rings (SSSR count). The van der Waals surface area contributed by atoms with Gasteiger partial charge in [-0.15, -0.1) is 0 Å². The van der Waals surface area contributed by atoms with E-state index in [1.54, 1.807) is 0 Å². The third kappa shape index (κ3) is 4.19. The lowest BCUT2D eigenvalue weighted by atomic mass is 9.97. The topological polar surface area (TPSA) is 23.0 Å². The number of hydrogen-bond donors (Lipinski definition) is 0. The molecule has 0 aliphatic heterocycles. The number of furan rings is 1. The molecule has 0 fully saturated rings. The second-order valence-corrected chi connectivity index (χ2v) is 13.3. The molecule has 0 saturated carbocycles. The smallest absolute Gasteiger partial charge is 0.137 e. The van der Waals surface area contributed by atoms with Crippen molar-refractivity contribution >= 4 is 65.6 Å². The van der Waals surface area contributed by atoms with Crippen LogP contribution >= 0.6 is 0 Å². The minimum Gasteiger partial charge on any atom is -0.456 e. The second-order valence-electron chi connectivity index (χ2n) is 13.3. The highest BCUT2D eigenvalue weighted by Gasteiger charge is 2.18. The molecule has 3 aromatic heterocycles. The Bertz CT molecular complexity index is 3140. The molecule has 0 radical (unpaired) electrons. The molecule has 0 bridgehead atoms. The van der Waals surface area contributed by atoms with E-state index in [0.717, 1.165) is 27.6 Å². The van der Waals surface area contributed by atoms with Gasteiger partial charge in [0.25, 0.3) is 0 Å². The van der Waals surface area contributed by atoms with Crippen LogP contribution in [0.2, 0.25) is 0 Å². The average Bonchev–Trinajstić information content (AvgIpc) is 3.85. The van der Waals surface area contributed by atoms with E-state index in [2.05, 4.69) is 179 Å². The van der Waals surface area contributed by atoms with Crippen LogP contribution in [0.5, 0.6) is 0 Å². The molecule has 238 valence electrons. The fourth-order valence-electron chi connectivity index (χ4n) is 8.24. The first kappa shape index (κ1) is 28.0. The summed E-state index contributed by atoms with van der Waals surface area (Å²) in [5.41, 5.74) is 13.7. The van der Waals surface area contributed by atoms with E-state index in [4.69, 9.17) is 4.42 Å². The summed E-state index contributed by atoms with van der Waals surface area (Å²) in [6.45, 7) is 0. The average molecular weight is 651 g/mol. The van der Waals surface area contributed by atoms with Gasteiger partial charge >= 0.3 is 0 Å². The quantitative estimate of drug-likeness (QED) is 0.186. The van der Waals surface area contributed by atoms with E-state index >= 15 is 0 Å². The van der Waals surface area contributed by atoms with Crippen LogP contribution in [0.25, 0.3) is 99.2 Å². The van der Waals surface area contributed by atoms with Crippen molar-refractivity contribution in [1.82, 2.24) is 9.13 Å². The van der Waals surface area contributed by atoms with Gasteiger partial charge in [-0.05, 0) is 95.1 Å². The Kier molecular flexibility index (Phi) is 5.96. The normalized spacial score (nSPS) is 11.9. The number of nitrogens with zero attached hydrogens (tertiary/aromatic N) is 2. The Labute approximate surface area is 293 Å². The summed E-state index contributed by atoms with van der Waals surface area (Å²) in [5, 5.41) is 7.24. The third-order valence-corrected chi connectivity index (χ3v) is 10.5. The van der Waals surface area contributed by atoms with Gasteiger partial charge in [0.1, 0.15) is 11.2 Å². The maximum absolute atomic E-state index is 6.29. The van der Waals surface area contributed by atoms with Crippen molar-refractivity contribution in [3.05, 3.63) is 182 Å². The highest BCUT2D eigenvalue weighted by Crippen LogP contribution is 2.40. The van der Waals surface area contributed by atoms with Crippen LogP contribution in [0.3, 0.4) is 0 Å². The van der Waals surface area contributed by atoms with Gasteiger partial charge in [0.05, 0.1) is 33.1 Å². The van der Waals surface area contributed by atoms with Gasteiger partial charge in [-0.25, -0.2) is 0 Å². The van der Waals surface area contributed by atoms with E-state index in [1.807, 2.05) is 12.1 Å². The largest absolute Gasteiger partial charge is 0.456 e. The molecule has 3 heteroatoms. The zero-order chi connectivity index (χ0) is 33.5. The summed E-state index contributed by atoms with van der Waals surface area (Å²) < 4.78 is 11.1. The van der Waals surface area contributed by atoms with Crippen LogP contribution in [0.15, 0.2) is 186 Å². The Balaban J connectivity index is 1.06. The Morgan fingerprint density at radius 2 is 0.824 bits per heavy atom. The lowest BCUT2D eigenvalue weighted by Crippen LogP contribution is -1.94. The van der Waals surface area contributed by atoms with Gasteiger partial charge in [-0.1, -0.05) is 109 Å². The molecule has 3 nitrogen and oxygen atoms in total. The zero-order valence-corrected chi connectivity index (χ0v) is 27.6. The molecule has 11 aromatic rings. The SMILES string of the molecule is c1ccc(-n2c3ccccc3c3cc(-c4cccc(-c5ccc6c(c5)c5ccccc5n6-c5cccc6oc7ccccc7c56)c4)ccc32)cc1. The summed E-state index contributed by atoms with van der Waals surface area (Å²) in [4.78, 5) is 0. The van der Waals surface area contributed by atoms with E-state index in [1.165, 1.54) is 71.6 Å². The molecule has 0 unspecified atom stereocenters. The van der Waals surface area contributed by atoms with E-state index in [0.29, 0.717) is 0 Å². The first-order chi connectivity index (χ1) is 25.3. The highest BCUT2D eigenvalue weighted by atomic mass is 16.3. The van der Waals surface area contributed by atoms with Crippen molar-refractivity contribution < 1.29 is 4.42 Å². The van der Waals surface area contributed by atoms with Gasteiger partial charge in [0.15, 0.2) is 0 Å². The number of fused-ring (bicyclic) bond motifs is 9. The highest BCUT2D eigenvalue weighted by molar-refractivity contribution is 6.15. The Hall–Kier alpha value is -6.84. The summed E-state index contributed by atoms with van der Waals surface area (Å²) >= 11 is 0. The summed E-state index contributed by atoms with van der Waals surface area (Å²) in [6, 6.07) is 65.5. The molecule has 0 spiro atoms.